The molecule has 2 rings (SSSR count). The number of rotatable bonds is 3. The third-order valence-corrected chi connectivity index (χ3v) is 2.03. The van der Waals surface area contributed by atoms with Crippen LogP contribution in [0.1, 0.15) is 12.6 Å². The van der Waals surface area contributed by atoms with E-state index in [0.29, 0.717) is 5.88 Å². The van der Waals surface area contributed by atoms with Gasteiger partial charge >= 0.3 is 0 Å². The third kappa shape index (κ3) is 2.31. The molecule has 0 atom stereocenters. The fourth-order valence-corrected chi connectivity index (χ4v) is 1.28. The number of hydrogen-bond acceptors (Lipinski definition) is 3. The maximum absolute atomic E-state index is 5.63. The molecule has 0 aliphatic carbocycles. The van der Waals surface area contributed by atoms with Crippen molar-refractivity contribution < 1.29 is 4.74 Å². The van der Waals surface area contributed by atoms with Crippen LogP contribution in [0.15, 0.2) is 42.7 Å². The van der Waals surface area contributed by atoms with E-state index in [2.05, 4.69) is 9.97 Å². The van der Waals surface area contributed by atoms with Gasteiger partial charge in [0.1, 0.15) is 11.4 Å². The molecule has 0 saturated carbocycles. The summed E-state index contributed by atoms with van der Waals surface area (Å²) in [6.07, 6.45) is 4.13. The van der Waals surface area contributed by atoms with Gasteiger partial charge in [0.2, 0.25) is 5.88 Å². The van der Waals surface area contributed by atoms with Crippen LogP contribution in [0.25, 0.3) is 0 Å². The number of para-hydroxylation sites is 1. The van der Waals surface area contributed by atoms with E-state index in [-0.39, 0.29) is 0 Å². The lowest BCUT2D eigenvalue weighted by Gasteiger charge is -2.06. The van der Waals surface area contributed by atoms with Crippen molar-refractivity contribution in [2.45, 2.75) is 13.3 Å². The summed E-state index contributed by atoms with van der Waals surface area (Å²) in [6, 6.07) is 9.60. The Labute approximate surface area is 88.8 Å². The van der Waals surface area contributed by atoms with Gasteiger partial charge in [0.15, 0.2) is 0 Å². The molecule has 0 N–H and O–H groups in total. The molecule has 0 aliphatic heterocycles. The summed E-state index contributed by atoms with van der Waals surface area (Å²) in [7, 11) is 0. The first-order chi connectivity index (χ1) is 7.40. The van der Waals surface area contributed by atoms with Crippen molar-refractivity contribution in [3.63, 3.8) is 0 Å². The van der Waals surface area contributed by atoms with Crippen LogP contribution in [0.3, 0.4) is 0 Å². The second-order valence-electron chi connectivity index (χ2n) is 3.08. The molecule has 0 amide bonds. The summed E-state index contributed by atoms with van der Waals surface area (Å²) in [5.74, 6) is 1.37. The molecule has 76 valence electrons. The number of hydrogen-bond donors (Lipinski definition) is 0. The number of aryl methyl sites for hydroxylation is 1. The van der Waals surface area contributed by atoms with Crippen molar-refractivity contribution in [3.8, 4) is 11.6 Å². The Morgan fingerprint density at radius 1 is 1.07 bits per heavy atom. The van der Waals surface area contributed by atoms with Crippen LogP contribution in [0.4, 0.5) is 0 Å². The quantitative estimate of drug-likeness (QED) is 0.764. The predicted octanol–water partition coefficient (Wildman–Crippen LogP) is 2.83. The molecule has 3 heteroatoms. The van der Waals surface area contributed by atoms with Gasteiger partial charge in [-0.05, 0) is 18.6 Å². The number of nitrogens with zero attached hydrogens (tertiary/aromatic N) is 2. The Morgan fingerprint density at radius 2 is 1.80 bits per heavy atom. The third-order valence-electron chi connectivity index (χ3n) is 2.03. The van der Waals surface area contributed by atoms with Gasteiger partial charge < -0.3 is 4.74 Å². The highest BCUT2D eigenvalue weighted by atomic mass is 16.5. The van der Waals surface area contributed by atoms with Crippen molar-refractivity contribution in [2.24, 2.45) is 0 Å². The second kappa shape index (κ2) is 4.55. The van der Waals surface area contributed by atoms with Crippen LogP contribution in [0.2, 0.25) is 0 Å². The minimum atomic E-state index is 0.589. The molecule has 0 spiro atoms. The lowest BCUT2D eigenvalue weighted by atomic mass is 10.3. The molecule has 0 fully saturated rings. The summed E-state index contributed by atoms with van der Waals surface area (Å²) in [5.41, 5.74) is 0.876. The maximum Gasteiger partial charge on any atom is 0.241 e. The summed E-state index contributed by atoms with van der Waals surface area (Å²) < 4.78 is 5.63. The highest BCUT2D eigenvalue weighted by molar-refractivity contribution is 5.28. The summed E-state index contributed by atoms with van der Waals surface area (Å²) in [6.45, 7) is 2.03. The fraction of sp³-hybridized carbons (Fsp3) is 0.167. The molecular formula is C12H12N2O. The summed E-state index contributed by atoms with van der Waals surface area (Å²) in [4.78, 5) is 8.37. The van der Waals surface area contributed by atoms with Crippen LogP contribution in [-0.4, -0.2) is 9.97 Å². The van der Waals surface area contributed by atoms with E-state index in [1.165, 1.54) is 0 Å². The number of benzene rings is 1. The Morgan fingerprint density at radius 3 is 2.53 bits per heavy atom. The van der Waals surface area contributed by atoms with Gasteiger partial charge in [-0.15, -0.1) is 0 Å². The molecule has 0 saturated heterocycles. The van der Waals surface area contributed by atoms with E-state index in [4.69, 9.17) is 4.74 Å². The highest BCUT2D eigenvalue weighted by Crippen LogP contribution is 2.20. The van der Waals surface area contributed by atoms with Crippen LogP contribution in [0, 0.1) is 0 Å². The first kappa shape index (κ1) is 9.65. The summed E-state index contributed by atoms with van der Waals surface area (Å²) in [5, 5.41) is 0. The Balaban J connectivity index is 2.24. The van der Waals surface area contributed by atoms with E-state index in [1.807, 2.05) is 37.3 Å². The average Bonchev–Trinajstić information content (AvgIpc) is 2.31. The molecular weight excluding hydrogens is 188 g/mol. The minimum Gasteiger partial charge on any atom is -0.437 e. The molecule has 0 bridgehead atoms. The highest BCUT2D eigenvalue weighted by Gasteiger charge is 2.04. The molecule has 1 aromatic carbocycles. The van der Waals surface area contributed by atoms with Crippen LogP contribution in [-0.2, 0) is 6.42 Å². The van der Waals surface area contributed by atoms with Gasteiger partial charge in [-0.2, -0.15) is 0 Å². The molecule has 1 aromatic heterocycles. The molecule has 0 aliphatic rings. The normalized spacial score (nSPS) is 9.93. The van der Waals surface area contributed by atoms with Gasteiger partial charge in [-0.25, -0.2) is 4.98 Å². The average molecular weight is 200 g/mol. The van der Waals surface area contributed by atoms with Crippen molar-refractivity contribution in [1.82, 2.24) is 9.97 Å². The molecule has 0 unspecified atom stereocenters. The SMILES string of the molecule is CCc1nccnc1Oc1ccccc1. The van der Waals surface area contributed by atoms with Gasteiger partial charge in [0.25, 0.3) is 0 Å². The van der Waals surface area contributed by atoms with Gasteiger partial charge in [0.05, 0.1) is 0 Å². The Hall–Kier alpha value is -1.90. The smallest absolute Gasteiger partial charge is 0.241 e. The standard InChI is InChI=1S/C12H12N2O/c1-2-11-12(14-9-8-13-11)15-10-6-4-3-5-7-10/h3-9H,2H2,1H3. The van der Waals surface area contributed by atoms with E-state index in [1.54, 1.807) is 12.4 Å². The zero-order chi connectivity index (χ0) is 10.5. The fourth-order valence-electron chi connectivity index (χ4n) is 1.28. The van der Waals surface area contributed by atoms with Gasteiger partial charge in [-0.1, -0.05) is 25.1 Å². The van der Waals surface area contributed by atoms with Crippen LogP contribution < -0.4 is 4.74 Å². The van der Waals surface area contributed by atoms with E-state index in [0.717, 1.165) is 17.9 Å². The monoisotopic (exact) mass is 200 g/mol. The van der Waals surface area contributed by atoms with Gasteiger partial charge in [-0.3, -0.25) is 4.98 Å². The maximum atomic E-state index is 5.63. The summed E-state index contributed by atoms with van der Waals surface area (Å²) >= 11 is 0. The van der Waals surface area contributed by atoms with E-state index >= 15 is 0 Å². The first-order valence-electron chi connectivity index (χ1n) is 4.93. The van der Waals surface area contributed by atoms with E-state index < -0.39 is 0 Å². The first-order valence-corrected chi connectivity index (χ1v) is 4.93. The molecule has 2 aromatic rings. The van der Waals surface area contributed by atoms with Crippen LogP contribution in [0.5, 0.6) is 11.6 Å². The van der Waals surface area contributed by atoms with Crippen LogP contribution >= 0.6 is 0 Å². The second-order valence-corrected chi connectivity index (χ2v) is 3.08. The molecule has 0 radical (unpaired) electrons. The van der Waals surface area contributed by atoms with E-state index in [9.17, 15) is 0 Å². The van der Waals surface area contributed by atoms with Gasteiger partial charge in [0, 0.05) is 12.4 Å². The number of ether oxygens (including phenoxy) is 1. The van der Waals surface area contributed by atoms with Crippen molar-refractivity contribution in [2.75, 3.05) is 0 Å². The number of aromatic nitrogens is 2. The minimum absolute atomic E-state index is 0.589. The largest absolute Gasteiger partial charge is 0.437 e. The van der Waals surface area contributed by atoms with Crippen molar-refractivity contribution in [1.29, 1.82) is 0 Å². The molecule has 3 nitrogen and oxygen atoms in total. The zero-order valence-corrected chi connectivity index (χ0v) is 8.55. The predicted molar refractivity (Wildman–Crippen MR) is 57.9 cm³/mol. The lowest BCUT2D eigenvalue weighted by molar-refractivity contribution is 0.452. The zero-order valence-electron chi connectivity index (χ0n) is 8.55. The lowest BCUT2D eigenvalue weighted by Crippen LogP contribution is -1.95. The Bertz CT molecular complexity index is 429. The molecule has 15 heavy (non-hydrogen) atoms. The van der Waals surface area contributed by atoms with Crippen molar-refractivity contribution in [3.05, 3.63) is 48.4 Å². The van der Waals surface area contributed by atoms with Crippen molar-refractivity contribution >= 4 is 0 Å². The topological polar surface area (TPSA) is 35.0 Å². The molecule has 1 heterocycles. The Kier molecular flexibility index (Phi) is 2.93.